The Balaban J connectivity index is 1.80. The molecule has 0 saturated heterocycles. The van der Waals surface area contributed by atoms with Gasteiger partial charge in [-0.3, -0.25) is 0 Å². The van der Waals surface area contributed by atoms with Gasteiger partial charge in [0.15, 0.2) is 0 Å². The summed E-state index contributed by atoms with van der Waals surface area (Å²) >= 11 is 0. The Morgan fingerprint density at radius 1 is 1.50 bits per heavy atom. The van der Waals surface area contributed by atoms with Crippen LogP contribution in [0.4, 0.5) is 0 Å². The number of imidazole rings is 1. The lowest BCUT2D eigenvalue weighted by molar-refractivity contribution is 0.360. The van der Waals surface area contributed by atoms with Gasteiger partial charge in [-0.2, -0.15) is 0 Å². The number of aromatic nitrogens is 2. The van der Waals surface area contributed by atoms with E-state index in [4.69, 9.17) is 0 Å². The molecule has 0 bridgehead atoms. The van der Waals surface area contributed by atoms with E-state index in [2.05, 4.69) is 28.7 Å². The second kappa shape index (κ2) is 4.13. The van der Waals surface area contributed by atoms with Gasteiger partial charge >= 0.3 is 0 Å². The number of nitrogens with zero attached hydrogens (tertiary/aromatic N) is 2. The molecule has 1 saturated carbocycles. The van der Waals surface area contributed by atoms with Crippen molar-refractivity contribution in [3.05, 3.63) is 18.7 Å². The molecular formula is C11H19N3. The van der Waals surface area contributed by atoms with Crippen molar-refractivity contribution in [2.24, 2.45) is 5.92 Å². The van der Waals surface area contributed by atoms with Crippen molar-refractivity contribution in [1.29, 1.82) is 0 Å². The molecule has 0 aromatic carbocycles. The molecule has 1 aromatic heterocycles. The van der Waals surface area contributed by atoms with Crippen LogP contribution in [0.5, 0.6) is 0 Å². The predicted octanol–water partition coefficient (Wildman–Crippen LogP) is 1.83. The minimum absolute atomic E-state index is 0.531. The summed E-state index contributed by atoms with van der Waals surface area (Å²) in [6.45, 7) is 5.66. The maximum absolute atomic E-state index is 4.08. The summed E-state index contributed by atoms with van der Waals surface area (Å²) < 4.78 is 2.18. The number of hydrogen-bond acceptors (Lipinski definition) is 2. The lowest BCUT2D eigenvalue weighted by atomic mass is 10.0. The highest BCUT2D eigenvalue weighted by atomic mass is 15.1. The minimum Gasteiger partial charge on any atom is -0.334 e. The normalized spacial score (nSPS) is 20.7. The van der Waals surface area contributed by atoms with Gasteiger partial charge in [0, 0.05) is 24.5 Å². The molecule has 0 radical (unpaired) electrons. The summed E-state index contributed by atoms with van der Waals surface area (Å²) in [5.74, 6) is 0.657. The Morgan fingerprint density at radius 3 is 2.86 bits per heavy atom. The van der Waals surface area contributed by atoms with Gasteiger partial charge in [0.2, 0.25) is 0 Å². The topological polar surface area (TPSA) is 29.9 Å². The van der Waals surface area contributed by atoms with Crippen LogP contribution in [0, 0.1) is 5.92 Å². The maximum atomic E-state index is 4.08. The van der Waals surface area contributed by atoms with E-state index in [-0.39, 0.29) is 0 Å². The zero-order valence-electron chi connectivity index (χ0n) is 8.98. The summed E-state index contributed by atoms with van der Waals surface area (Å²) in [6, 6.07) is 1.34. The first-order valence-corrected chi connectivity index (χ1v) is 5.48. The Labute approximate surface area is 85.5 Å². The fourth-order valence-corrected chi connectivity index (χ4v) is 1.61. The summed E-state index contributed by atoms with van der Waals surface area (Å²) in [7, 11) is 0. The van der Waals surface area contributed by atoms with Crippen LogP contribution in [0.1, 0.15) is 32.7 Å². The van der Waals surface area contributed by atoms with Gasteiger partial charge in [0.05, 0.1) is 6.33 Å². The van der Waals surface area contributed by atoms with Crippen LogP contribution in [0.25, 0.3) is 0 Å². The van der Waals surface area contributed by atoms with Crippen molar-refractivity contribution in [3.8, 4) is 0 Å². The highest BCUT2D eigenvalue weighted by molar-refractivity contribution is 4.85. The van der Waals surface area contributed by atoms with Crippen LogP contribution in [-0.4, -0.2) is 22.1 Å². The summed E-state index contributed by atoms with van der Waals surface area (Å²) in [5, 5.41) is 3.57. The third-order valence-electron chi connectivity index (χ3n) is 3.12. The van der Waals surface area contributed by atoms with E-state index in [0.29, 0.717) is 12.0 Å². The Bertz CT molecular complexity index is 264. The smallest absolute Gasteiger partial charge is 0.0948 e. The summed E-state index contributed by atoms with van der Waals surface area (Å²) in [5.41, 5.74) is 0. The number of hydrogen-bond donors (Lipinski definition) is 1. The van der Waals surface area contributed by atoms with Crippen molar-refractivity contribution in [1.82, 2.24) is 14.9 Å². The standard InChI is InChI=1S/C11H19N3/c1-9(7-13-11-3-4-11)10(2)14-6-5-12-8-14/h5-6,8-11,13H,3-4,7H2,1-2H3. The highest BCUT2D eigenvalue weighted by Gasteiger charge is 2.22. The van der Waals surface area contributed by atoms with E-state index in [1.807, 2.05) is 18.7 Å². The molecule has 0 aliphatic heterocycles. The van der Waals surface area contributed by atoms with Crippen LogP contribution in [0.15, 0.2) is 18.7 Å². The SMILES string of the molecule is CC(CNC1CC1)C(C)n1ccnc1. The molecule has 0 amide bonds. The fraction of sp³-hybridized carbons (Fsp3) is 0.727. The summed E-state index contributed by atoms with van der Waals surface area (Å²) in [6.07, 6.45) is 8.52. The second-order valence-corrected chi connectivity index (χ2v) is 4.41. The predicted molar refractivity (Wildman–Crippen MR) is 57.1 cm³/mol. The molecule has 14 heavy (non-hydrogen) atoms. The van der Waals surface area contributed by atoms with E-state index < -0.39 is 0 Å². The monoisotopic (exact) mass is 193 g/mol. The zero-order valence-corrected chi connectivity index (χ0v) is 8.98. The maximum Gasteiger partial charge on any atom is 0.0948 e. The molecule has 1 heterocycles. The van der Waals surface area contributed by atoms with Crippen LogP contribution in [0.2, 0.25) is 0 Å². The molecule has 0 spiro atoms. The lowest BCUT2D eigenvalue weighted by Crippen LogP contribution is -2.27. The van der Waals surface area contributed by atoms with E-state index in [1.54, 1.807) is 0 Å². The van der Waals surface area contributed by atoms with Gasteiger partial charge in [0.25, 0.3) is 0 Å². The first-order valence-electron chi connectivity index (χ1n) is 5.48. The number of nitrogens with one attached hydrogen (secondary N) is 1. The molecule has 1 aliphatic carbocycles. The fourth-order valence-electron chi connectivity index (χ4n) is 1.61. The average molecular weight is 193 g/mol. The van der Waals surface area contributed by atoms with Crippen molar-refractivity contribution < 1.29 is 0 Å². The highest BCUT2D eigenvalue weighted by Crippen LogP contribution is 2.21. The molecular weight excluding hydrogens is 174 g/mol. The van der Waals surface area contributed by atoms with Crippen LogP contribution >= 0.6 is 0 Å². The van der Waals surface area contributed by atoms with Gasteiger partial charge in [-0.15, -0.1) is 0 Å². The largest absolute Gasteiger partial charge is 0.334 e. The zero-order chi connectivity index (χ0) is 9.97. The first kappa shape index (κ1) is 9.71. The van der Waals surface area contributed by atoms with Gasteiger partial charge < -0.3 is 9.88 Å². The molecule has 1 fully saturated rings. The summed E-state index contributed by atoms with van der Waals surface area (Å²) in [4.78, 5) is 4.08. The first-order chi connectivity index (χ1) is 6.77. The molecule has 2 rings (SSSR count). The Morgan fingerprint density at radius 2 is 2.29 bits per heavy atom. The Kier molecular flexibility index (Phi) is 2.87. The second-order valence-electron chi connectivity index (χ2n) is 4.41. The average Bonchev–Trinajstić information content (AvgIpc) is 2.86. The van der Waals surface area contributed by atoms with Crippen molar-refractivity contribution in [3.63, 3.8) is 0 Å². The van der Waals surface area contributed by atoms with E-state index in [9.17, 15) is 0 Å². The molecule has 2 atom stereocenters. The number of rotatable bonds is 5. The quantitative estimate of drug-likeness (QED) is 0.773. The van der Waals surface area contributed by atoms with Crippen LogP contribution in [-0.2, 0) is 0 Å². The third kappa shape index (κ3) is 2.35. The van der Waals surface area contributed by atoms with Gasteiger partial charge in [-0.1, -0.05) is 6.92 Å². The molecule has 1 aliphatic rings. The van der Waals surface area contributed by atoms with Gasteiger partial charge in [-0.25, -0.2) is 4.98 Å². The lowest BCUT2D eigenvalue weighted by Gasteiger charge is -2.21. The molecule has 1 N–H and O–H groups in total. The van der Waals surface area contributed by atoms with E-state index in [0.717, 1.165) is 12.6 Å². The Hall–Kier alpha value is -0.830. The minimum atomic E-state index is 0.531. The van der Waals surface area contributed by atoms with E-state index >= 15 is 0 Å². The van der Waals surface area contributed by atoms with Crippen molar-refractivity contribution in [2.45, 2.75) is 38.8 Å². The molecule has 3 nitrogen and oxygen atoms in total. The van der Waals surface area contributed by atoms with E-state index in [1.165, 1.54) is 12.8 Å². The van der Waals surface area contributed by atoms with Gasteiger partial charge in [-0.05, 0) is 32.2 Å². The van der Waals surface area contributed by atoms with Crippen molar-refractivity contribution in [2.75, 3.05) is 6.54 Å². The van der Waals surface area contributed by atoms with Gasteiger partial charge in [0.1, 0.15) is 0 Å². The van der Waals surface area contributed by atoms with Crippen molar-refractivity contribution >= 4 is 0 Å². The third-order valence-corrected chi connectivity index (χ3v) is 3.12. The molecule has 1 aromatic rings. The van der Waals surface area contributed by atoms with Crippen LogP contribution in [0.3, 0.4) is 0 Å². The molecule has 2 unspecified atom stereocenters. The van der Waals surface area contributed by atoms with Crippen LogP contribution < -0.4 is 5.32 Å². The molecule has 3 heteroatoms. The molecule has 78 valence electrons.